The Labute approximate surface area is 140 Å². The Morgan fingerprint density at radius 2 is 1.71 bits per heavy atom. The van der Waals surface area contributed by atoms with Gasteiger partial charge in [0.25, 0.3) is 0 Å². The predicted molar refractivity (Wildman–Crippen MR) is 85.8 cm³/mol. The molecule has 130 valence electrons. The van der Waals surface area contributed by atoms with E-state index >= 15 is 0 Å². The summed E-state index contributed by atoms with van der Waals surface area (Å²) in [4.78, 5) is 21.5. The van der Waals surface area contributed by atoms with Crippen LogP contribution in [0.15, 0.2) is 6.20 Å². The number of piperazine rings is 1. The van der Waals surface area contributed by atoms with E-state index in [1.165, 1.54) is 0 Å². The van der Waals surface area contributed by atoms with Gasteiger partial charge in [-0.1, -0.05) is 0 Å². The van der Waals surface area contributed by atoms with E-state index in [9.17, 15) is 4.79 Å². The molecule has 0 saturated carbocycles. The Balaban J connectivity index is 1.41. The average molecular weight is 334 g/mol. The summed E-state index contributed by atoms with van der Waals surface area (Å²) < 4.78 is 11.5. The predicted octanol–water partition coefficient (Wildman–Crippen LogP) is -0.507. The van der Waals surface area contributed by atoms with Gasteiger partial charge in [0.1, 0.15) is 0 Å². The maximum atomic E-state index is 10.8. The maximum Gasteiger partial charge on any atom is 0.247 e. The lowest BCUT2D eigenvalue weighted by molar-refractivity contribution is -0.169. The monoisotopic (exact) mass is 334 g/mol. The first-order chi connectivity index (χ1) is 11.8. The molecule has 0 unspecified atom stereocenters. The van der Waals surface area contributed by atoms with Gasteiger partial charge < -0.3 is 24.2 Å². The second kappa shape index (κ2) is 6.48. The summed E-state index contributed by atoms with van der Waals surface area (Å²) in [6.07, 6.45) is 4.28. The summed E-state index contributed by atoms with van der Waals surface area (Å²) in [6.45, 7) is 5.88. The second-order valence-electron chi connectivity index (χ2n) is 6.34. The highest BCUT2D eigenvalue weighted by molar-refractivity contribution is 5.49. The molecule has 1 amide bonds. The van der Waals surface area contributed by atoms with Crippen molar-refractivity contribution in [3.63, 3.8) is 0 Å². The van der Waals surface area contributed by atoms with Gasteiger partial charge in [-0.05, 0) is 0 Å². The first-order valence-corrected chi connectivity index (χ1v) is 8.45. The van der Waals surface area contributed by atoms with E-state index in [4.69, 9.17) is 9.47 Å². The molecule has 4 rings (SSSR count). The van der Waals surface area contributed by atoms with Gasteiger partial charge in [-0.2, -0.15) is 10.1 Å². The fourth-order valence-corrected chi connectivity index (χ4v) is 3.46. The summed E-state index contributed by atoms with van der Waals surface area (Å²) in [5.74, 6) is 1.09. The van der Waals surface area contributed by atoms with Gasteiger partial charge in [0, 0.05) is 52.1 Å². The van der Waals surface area contributed by atoms with Gasteiger partial charge in [0.05, 0.1) is 19.4 Å². The Kier molecular flexibility index (Phi) is 4.19. The number of ether oxygens (including phenoxy) is 2. The van der Waals surface area contributed by atoms with Gasteiger partial charge >= 0.3 is 0 Å². The Morgan fingerprint density at radius 3 is 2.38 bits per heavy atom. The minimum absolute atomic E-state index is 0.384. The van der Waals surface area contributed by atoms with Crippen LogP contribution in [0.2, 0.25) is 0 Å². The summed E-state index contributed by atoms with van der Waals surface area (Å²) in [5, 5.41) is 8.28. The lowest BCUT2D eigenvalue weighted by Crippen LogP contribution is -2.47. The molecule has 9 nitrogen and oxygen atoms in total. The van der Waals surface area contributed by atoms with Crippen LogP contribution in [0.5, 0.6) is 0 Å². The maximum absolute atomic E-state index is 10.8. The van der Waals surface area contributed by atoms with E-state index in [-0.39, 0.29) is 5.79 Å². The topological polar surface area (TPSA) is 83.9 Å². The molecule has 0 aliphatic carbocycles. The molecule has 0 radical (unpaired) electrons. The van der Waals surface area contributed by atoms with Gasteiger partial charge in [-0.3, -0.25) is 4.79 Å². The van der Waals surface area contributed by atoms with Gasteiger partial charge in [0.15, 0.2) is 11.6 Å². The van der Waals surface area contributed by atoms with Crippen molar-refractivity contribution in [1.82, 2.24) is 20.1 Å². The molecule has 3 aliphatic heterocycles. The first-order valence-electron chi connectivity index (χ1n) is 8.45. The number of anilines is 2. The third-order valence-electron chi connectivity index (χ3n) is 4.94. The molecule has 0 N–H and O–H groups in total. The summed E-state index contributed by atoms with van der Waals surface area (Å²) in [7, 11) is 0. The first kappa shape index (κ1) is 15.5. The molecular weight excluding hydrogens is 312 g/mol. The molecule has 3 saturated heterocycles. The number of hydrogen-bond donors (Lipinski definition) is 0. The number of piperidine rings is 1. The average Bonchev–Trinajstić information content (AvgIpc) is 3.10. The number of aromatic nitrogens is 3. The van der Waals surface area contributed by atoms with Gasteiger partial charge in [0.2, 0.25) is 12.4 Å². The Hall–Kier alpha value is -2.00. The largest absolute Gasteiger partial charge is 0.355 e. The number of carbonyl (C=O) groups excluding carboxylic acids is 1. The van der Waals surface area contributed by atoms with Crippen LogP contribution in [0, 0.1) is 0 Å². The highest BCUT2D eigenvalue weighted by Crippen LogP contribution is 2.32. The quantitative estimate of drug-likeness (QED) is 0.684. The fraction of sp³-hybridized carbons (Fsp3) is 0.733. The van der Waals surface area contributed by atoms with Crippen LogP contribution in [0.25, 0.3) is 0 Å². The van der Waals surface area contributed by atoms with Crippen molar-refractivity contribution in [2.75, 3.05) is 62.3 Å². The van der Waals surface area contributed by atoms with E-state index in [0.29, 0.717) is 32.3 Å². The third kappa shape index (κ3) is 3.01. The molecule has 3 aliphatic rings. The number of carbonyl (C=O) groups is 1. The van der Waals surface area contributed by atoms with Crippen LogP contribution < -0.4 is 9.80 Å². The number of rotatable bonds is 3. The van der Waals surface area contributed by atoms with Crippen molar-refractivity contribution in [1.29, 1.82) is 0 Å². The minimum atomic E-state index is -0.384. The fourth-order valence-electron chi connectivity index (χ4n) is 3.46. The molecular formula is C15H22N6O3. The highest BCUT2D eigenvalue weighted by atomic mass is 16.7. The molecule has 0 aromatic carbocycles. The van der Waals surface area contributed by atoms with Gasteiger partial charge in [-0.25, -0.2) is 0 Å². The van der Waals surface area contributed by atoms with Crippen LogP contribution in [-0.4, -0.2) is 84.8 Å². The molecule has 1 aromatic rings. The van der Waals surface area contributed by atoms with E-state index in [0.717, 1.165) is 51.2 Å². The lowest BCUT2D eigenvalue weighted by atomic mass is 10.0. The minimum Gasteiger partial charge on any atom is -0.355 e. The smallest absolute Gasteiger partial charge is 0.247 e. The molecule has 0 bridgehead atoms. The van der Waals surface area contributed by atoms with Crippen LogP contribution in [0.4, 0.5) is 11.8 Å². The summed E-state index contributed by atoms with van der Waals surface area (Å²) in [5.41, 5.74) is 0. The van der Waals surface area contributed by atoms with Crippen molar-refractivity contribution in [2.24, 2.45) is 0 Å². The number of nitrogens with zero attached hydrogens (tertiary/aromatic N) is 6. The summed E-state index contributed by atoms with van der Waals surface area (Å²) in [6, 6.07) is 0. The second-order valence-corrected chi connectivity index (χ2v) is 6.34. The SMILES string of the molecule is O=CN1CCN(c2nncc(N3CCC4(CC3)OCCO4)n2)CC1. The molecule has 9 heteroatoms. The lowest BCUT2D eigenvalue weighted by Gasteiger charge is -2.38. The molecule has 1 aromatic heterocycles. The number of hydrogen-bond acceptors (Lipinski definition) is 8. The van der Waals surface area contributed by atoms with E-state index in [2.05, 4.69) is 25.0 Å². The van der Waals surface area contributed by atoms with Crippen molar-refractivity contribution in [3.8, 4) is 0 Å². The third-order valence-corrected chi connectivity index (χ3v) is 4.94. The molecule has 24 heavy (non-hydrogen) atoms. The zero-order valence-electron chi connectivity index (χ0n) is 13.6. The molecule has 0 atom stereocenters. The van der Waals surface area contributed by atoms with Crippen LogP contribution >= 0.6 is 0 Å². The summed E-state index contributed by atoms with van der Waals surface area (Å²) >= 11 is 0. The molecule has 1 spiro atoms. The zero-order chi connectivity index (χ0) is 16.4. The van der Waals surface area contributed by atoms with E-state index < -0.39 is 0 Å². The Morgan fingerprint density at radius 1 is 1.00 bits per heavy atom. The highest BCUT2D eigenvalue weighted by Gasteiger charge is 2.40. The van der Waals surface area contributed by atoms with Crippen LogP contribution in [0.3, 0.4) is 0 Å². The Bertz CT molecular complexity index is 576. The van der Waals surface area contributed by atoms with Crippen molar-refractivity contribution >= 4 is 18.2 Å². The van der Waals surface area contributed by atoms with E-state index in [1.807, 2.05) is 0 Å². The van der Waals surface area contributed by atoms with Crippen LogP contribution in [-0.2, 0) is 14.3 Å². The van der Waals surface area contributed by atoms with Crippen molar-refractivity contribution < 1.29 is 14.3 Å². The van der Waals surface area contributed by atoms with E-state index in [1.54, 1.807) is 11.1 Å². The van der Waals surface area contributed by atoms with Crippen LogP contribution in [0.1, 0.15) is 12.8 Å². The van der Waals surface area contributed by atoms with Crippen molar-refractivity contribution in [3.05, 3.63) is 6.20 Å². The molecule has 4 heterocycles. The standard InChI is InChI=1S/C15H22N6O3/c22-12-19-5-7-21(8-6-19)14-17-13(11-16-18-14)20-3-1-15(2-4-20)23-9-10-24-15/h11-12H,1-10H2. The zero-order valence-corrected chi connectivity index (χ0v) is 13.6. The van der Waals surface area contributed by atoms with Gasteiger partial charge in [-0.15, -0.1) is 5.10 Å². The van der Waals surface area contributed by atoms with Crippen molar-refractivity contribution in [2.45, 2.75) is 18.6 Å². The normalized spacial score (nSPS) is 23.8. The molecule has 3 fully saturated rings. The number of amides is 1.